The van der Waals surface area contributed by atoms with Crippen molar-refractivity contribution in [2.45, 2.75) is 62.9 Å². The summed E-state index contributed by atoms with van der Waals surface area (Å²) in [5.74, 6) is 0.791. The van der Waals surface area contributed by atoms with Gasteiger partial charge in [0.25, 0.3) is 0 Å². The summed E-state index contributed by atoms with van der Waals surface area (Å²) in [5.41, 5.74) is 3.93. The van der Waals surface area contributed by atoms with Crippen LogP contribution in [0, 0.1) is 18.3 Å². The average Bonchev–Trinajstić information content (AvgIpc) is 2.87. The van der Waals surface area contributed by atoms with Crippen LogP contribution in [0.1, 0.15) is 49.3 Å². The minimum absolute atomic E-state index is 0.642. The Morgan fingerprint density at radius 1 is 1.18 bits per heavy atom. The Labute approximate surface area is 202 Å². The van der Waals surface area contributed by atoms with Gasteiger partial charge in [-0.2, -0.15) is 5.26 Å². The van der Waals surface area contributed by atoms with Gasteiger partial charge in [-0.1, -0.05) is 31.5 Å². The van der Waals surface area contributed by atoms with Gasteiger partial charge in [0.15, 0.2) is 0 Å². The molecule has 2 unspecified atom stereocenters. The smallest absolute Gasteiger partial charge is 0.119 e. The van der Waals surface area contributed by atoms with Gasteiger partial charge in [0.1, 0.15) is 11.8 Å². The van der Waals surface area contributed by atoms with Gasteiger partial charge in [0.2, 0.25) is 0 Å². The number of methoxy groups -OCH3 is 1. The third-order valence-corrected chi connectivity index (χ3v) is 7.30. The van der Waals surface area contributed by atoms with E-state index in [-0.39, 0.29) is 0 Å². The SMILES string of the molecule is CCc1c(C#N)cnc2ccc(OC)cc12.CNC1CCCC(NSc2ccccc2C)C1. The van der Waals surface area contributed by atoms with Crippen LogP contribution in [-0.4, -0.2) is 31.2 Å². The highest BCUT2D eigenvalue weighted by atomic mass is 32.2. The molecular weight excluding hydrogens is 428 g/mol. The van der Waals surface area contributed by atoms with Crippen molar-refractivity contribution in [3.05, 3.63) is 65.4 Å². The van der Waals surface area contributed by atoms with Crippen molar-refractivity contribution in [3.63, 3.8) is 0 Å². The van der Waals surface area contributed by atoms with Crippen LogP contribution in [0.2, 0.25) is 0 Å². The third kappa shape index (κ3) is 6.70. The number of pyridine rings is 1. The summed E-state index contributed by atoms with van der Waals surface area (Å²) >= 11 is 1.79. The van der Waals surface area contributed by atoms with Gasteiger partial charge in [-0.05, 0) is 87.0 Å². The van der Waals surface area contributed by atoms with Crippen LogP contribution >= 0.6 is 11.9 Å². The first-order valence-electron chi connectivity index (χ1n) is 11.6. The van der Waals surface area contributed by atoms with Crippen molar-refractivity contribution < 1.29 is 4.74 Å². The lowest BCUT2D eigenvalue weighted by Gasteiger charge is -2.29. The molecule has 0 bridgehead atoms. The standard InChI is InChI=1S/C14H22N2S.C13H12N2O/c1-11-6-3-4-9-14(11)17-16-13-8-5-7-12(10-13)15-2;1-3-11-9(7-14)8-15-13-5-4-10(16-2)6-12(11)13/h3-4,6,9,12-13,15-16H,5,7-8,10H2,1-2H3;4-6,8H,3H2,1-2H3. The Morgan fingerprint density at radius 3 is 2.67 bits per heavy atom. The van der Waals surface area contributed by atoms with E-state index in [0.29, 0.717) is 17.6 Å². The van der Waals surface area contributed by atoms with Crippen LogP contribution in [0.3, 0.4) is 0 Å². The number of fused-ring (bicyclic) bond motifs is 1. The number of nitrogens with zero attached hydrogens (tertiary/aromatic N) is 2. The molecule has 1 aromatic heterocycles. The highest BCUT2D eigenvalue weighted by Gasteiger charge is 2.20. The van der Waals surface area contributed by atoms with E-state index in [0.717, 1.165) is 28.6 Å². The highest BCUT2D eigenvalue weighted by molar-refractivity contribution is 7.97. The number of aromatic nitrogens is 1. The molecule has 0 amide bonds. The number of rotatable bonds is 6. The Hall–Kier alpha value is -2.59. The molecule has 4 rings (SSSR count). The number of hydrogen-bond acceptors (Lipinski definition) is 6. The normalized spacial score (nSPS) is 17.7. The van der Waals surface area contributed by atoms with Crippen LogP contribution in [0.25, 0.3) is 10.9 Å². The molecule has 5 nitrogen and oxygen atoms in total. The molecule has 174 valence electrons. The second kappa shape index (κ2) is 12.6. The molecule has 1 aliphatic carbocycles. The van der Waals surface area contributed by atoms with Crippen molar-refractivity contribution in [2.75, 3.05) is 14.2 Å². The number of ether oxygens (including phenoxy) is 1. The number of nitrogens with one attached hydrogen (secondary N) is 2. The van der Waals surface area contributed by atoms with Gasteiger partial charge in [0, 0.05) is 28.6 Å². The van der Waals surface area contributed by atoms with Crippen molar-refractivity contribution in [2.24, 2.45) is 0 Å². The molecule has 2 aromatic carbocycles. The fraction of sp³-hybridized carbons (Fsp3) is 0.407. The third-order valence-electron chi connectivity index (χ3n) is 6.17. The summed E-state index contributed by atoms with van der Waals surface area (Å²) < 4.78 is 8.80. The molecule has 3 aromatic rings. The van der Waals surface area contributed by atoms with Crippen molar-refractivity contribution >= 4 is 22.9 Å². The molecule has 2 N–H and O–H groups in total. The van der Waals surface area contributed by atoms with Gasteiger partial charge in [-0.25, -0.2) is 0 Å². The predicted octanol–water partition coefficient (Wildman–Crippen LogP) is 5.80. The molecular formula is C27H34N4OS. The maximum Gasteiger partial charge on any atom is 0.119 e. The molecule has 1 fully saturated rings. The highest BCUT2D eigenvalue weighted by Crippen LogP contribution is 2.26. The van der Waals surface area contributed by atoms with Crippen molar-refractivity contribution in [1.29, 1.82) is 5.26 Å². The largest absolute Gasteiger partial charge is 0.497 e. The Morgan fingerprint density at radius 2 is 1.97 bits per heavy atom. The average molecular weight is 463 g/mol. The van der Waals surface area contributed by atoms with E-state index in [2.05, 4.69) is 59.3 Å². The lowest BCUT2D eigenvalue weighted by Crippen LogP contribution is -2.38. The summed E-state index contributed by atoms with van der Waals surface area (Å²) in [6, 6.07) is 17.8. The fourth-order valence-corrected chi connectivity index (χ4v) is 5.09. The topological polar surface area (TPSA) is 70.0 Å². The van der Waals surface area contributed by atoms with Crippen LogP contribution in [-0.2, 0) is 6.42 Å². The second-order valence-electron chi connectivity index (χ2n) is 8.33. The van der Waals surface area contributed by atoms with Gasteiger partial charge < -0.3 is 10.1 Å². The van der Waals surface area contributed by atoms with E-state index in [1.807, 2.05) is 25.1 Å². The molecule has 1 saturated carbocycles. The molecule has 1 aliphatic rings. The van der Waals surface area contributed by atoms with Gasteiger partial charge in [-0.3, -0.25) is 9.71 Å². The zero-order chi connectivity index (χ0) is 23.6. The van der Waals surface area contributed by atoms with E-state index in [4.69, 9.17) is 10.00 Å². The Kier molecular flexibility index (Phi) is 9.56. The Balaban J connectivity index is 0.000000186. The van der Waals surface area contributed by atoms with E-state index >= 15 is 0 Å². The number of hydrogen-bond donors (Lipinski definition) is 2. The molecule has 0 saturated heterocycles. The van der Waals surface area contributed by atoms with Crippen LogP contribution in [0.5, 0.6) is 5.75 Å². The van der Waals surface area contributed by atoms with Crippen LogP contribution < -0.4 is 14.8 Å². The molecule has 2 atom stereocenters. The lowest BCUT2D eigenvalue weighted by atomic mass is 9.92. The number of aryl methyl sites for hydroxylation is 2. The van der Waals surface area contributed by atoms with E-state index < -0.39 is 0 Å². The van der Waals surface area contributed by atoms with Gasteiger partial charge in [0.05, 0.1) is 18.2 Å². The lowest BCUT2D eigenvalue weighted by molar-refractivity contribution is 0.344. The first kappa shape index (κ1) is 25.0. The fourth-order valence-electron chi connectivity index (χ4n) is 4.21. The second-order valence-corrected chi connectivity index (χ2v) is 9.21. The van der Waals surface area contributed by atoms with E-state index in [9.17, 15) is 0 Å². The number of benzene rings is 2. The van der Waals surface area contributed by atoms with E-state index in [1.54, 1.807) is 25.3 Å². The Bertz CT molecular complexity index is 1100. The summed E-state index contributed by atoms with van der Waals surface area (Å²) in [4.78, 5) is 5.60. The van der Waals surface area contributed by atoms with Crippen LogP contribution in [0.15, 0.2) is 53.6 Å². The van der Waals surface area contributed by atoms with Crippen molar-refractivity contribution in [1.82, 2.24) is 15.0 Å². The predicted molar refractivity (Wildman–Crippen MR) is 138 cm³/mol. The van der Waals surface area contributed by atoms with Crippen LogP contribution in [0.4, 0.5) is 0 Å². The summed E-state index contributed by atoms with van der Waals surface area (Å²) in [6.45, 7) is 4.20. The van der Waals surface area contributed by atoms with E-state index in [1.165, 1.54) is 36.1 Å². The monoisotopic (exact) mass is 462 g/mol. The molecule has 33 heavy (non-hydrogen) atoms. The summed E-state index contributed by atoms with van der Waals surface area (Å²) in [7, 11) is 3.70. The maximum absolute atomic E-state index is 9.01. The molecule has 0 radical (unpaired) electrons. The molecule has 0 spiro atoms. The minimum Gasteiger partial charge on any atom is -0.497 e. The zero-order valence-electron chi connectivity index (χ0n) is 20.0. The van der Waals surface area contributed by atoms with Crippen molar-refractivity contribution in [3.8, 4) is 11.8 Å². The summed E-state index contributed by atoms with van der Waals surface area (Å²) in [6.07, 6.45) is 7.65. The minimum atomic E-state index is 0.642. The first-order chi connectivity index (χ1) is 16.1. The molecule has 6 heteroatoms. The quantitative estimate of drug-likeness (QED) is 0.451. The first-order valence-corrected chi connectivity index (χ1v) is 12.4. The number of nitriles is 1. The molecule has 0 aliphatic heterocycles. The van der Waals surface area contributed by atoms with Gasteiger partial charge in [-0.15, -0.1) is 0 Å². The maximum atomic E-state index is 9.01. The van der Waals surface area contributed by atoms with Gasteiger partial charge >= 0.3 is 0 Å². The molecule has 1 heterocycles. The zero-order valence-corrected chi connectivity index (χ0v) is 20.8. The summed E-state index contributed by atoms with van der Waals surface area (Å²) in [5, 5.41) is 13.4.